The van der Waals surface area contributed by atoms with Crippen LogP contribution in [0.25, 0.3) is 11.1 Å². The minimum absolute atomic E-state index is 0.0398. The largest absolute Gasteiger partial charge is 0.392 e. The van der Waals surface area contributed by atoms with Crippen LogP contribution in [-0.2, 0) is 29.2 Å². The molecular formula is C37H31Cl2N3O5. The first-order valence-electron chi connectivity index (χ1n) is 15.3. The monoisotopic (exact) mass is 667 g/mol. The van der Waals surface area contributed by atoms with Crippen LogP contribution in [0.1, 0.15) is 62.3 Å². The van der Waals surface area contributed by atoms with Crippen LogP contribution in [0.2, 0.25) is 10.3 Å². The summed E-state index contributed by atoms with van der Waals surface area (Å²) in [7, 11) is 0. The fourth-order valence-electron chi connectivity index (χ4n) is 6.27. The van der Waals surface area contributed by atoms with Gasteiger partial charge in [0.1, 0.15) is 5.15 Å². The molecular weight excluding hydrogens is 637 g/mol. The van der Waals surface area contributed by atoms with Crippen molar-refractivity contribution in [2.24, 2.45) is 5.92 Å². The number of halogens is 2. The van der Waals surface area contributed by atoms with Crippen molar-refractivity contribution in [3.05, 3.63) is 147 Å². The molecule has 4 unspecified atom stereocenters. The van der Waals surface area contributed by atoms with Crippen molar-refractivity contribution in [1.82, 2.24) is 14.5 Å². The lowest BCUT2D eigenvalue weighted by Gasteiger charge is -2.41. The highest BCUT2D eigenvalue weighted by Gasteiger charge is 2.39. The maximum absolute atomic E-state index is 13.0. The quantitative estimate of drug-likeness (QED) is 0.171. The van der Waals surface area contributed by atoms with Crippen LogP contribution >= 0.6 is 23.2 Å². The van der Waals surface area contributed by atoms with Crippen molar-refractivity contribution in [3.8, 4) is 11.1 Å². The Morgan fingerprint density at radius 1 is 0.787 bits per heavy atom. The van der Waals surface area contributed by atoms with Crippen LogP contribution in [0, 0.1) is 5.92 Å². The number of imide groups is 1. The number of aliphatic hydroxyl groups is 1. The Kier molecular flexibility index (Phi) is 8.70. The number of carbonyl (C=O) groups is 2. The first-order chi connectivity index (χ1) is 22.8. The molecule has 3 heterocycles. The van der Waals surface area contributed by atoms with Gasteiger partial charge in [0, 0.05) is 11.5 Å². The minimum Gasteiger partial charge on any atom is -0.392 e. The third-order valence-electron chi connectivity index (χ3n) is 8.87. The molecule has 1 N–H and O–H groups in total. The van der Waals surface area contributed by atoms with E-state index in [1.54, 1.807) is 35.2 Å². The number of nitrogens with zero attached hydrogens (tertiary/aromatic N) is 3. The molecule has 2 amide bonds. The average Bonchev–Trinajstić information content (AvgIpc) is 3.55. The fourth-order valence-corrected chi connectivity index (χ4v) is 6.59. The molecule has 4 aromatic carbocycles. The summed E-state index contributed by atoms with van der Waals surface area (Å²) in [5, 5.41) is 10.1. The molecule has 1 fully saturated rings. The van der Waals surface area contributed by atoms with Crippen LogP contribution < -0.4 is 0 Å². The van der Waals surface area contributed by atoms with Gasteiger partial charge in [-0.15, -0.1) is 0 Å². The molecule has 47 heavy (non-hydrogen) atoms. The normalized spacial score (nSPS) is 20.9. The summed E-state index contributed by atoms with van der Waals surface area (Å²) in [6, 6.07) is 30.4. The van der Waals surface area contributed by atoms with Gasteiger partial charge in [0.15, 0.2) is 11.4 Å². The summed E-state index contributed by atoms with van der Waals surface area (Å²) in [5.41, 5.74) is 6.18. The second-order valence-electron chi connectivity index (χ2n) is 11.9. The van der Waals surface area contributed by atoms with E-state index in [2.05, 4.69) is 11.9 Å². The Labute approximate surface area is 282 Å². The molecule has 0 radical (unpaired) electrons. The maximum Gasteiger partial charge on any atom is 0.261 e. The molecule has 4 atom stereocenters. The first kappa shape index (κ1) is 31.3. The molecule has 2 aliphatic heterocycles. The van der Waals surface area contributed by atoms with E-state index in [9.17, 15) is 14.7 Å². The van der Waals surface area contributed by atoms with E-state index in [-0.39, 0.29) is 48.2 Å². The number of ether oxygens (including phenoxy) is 2. The van der Waals surface area contributed by atoms with E-state index in [4.69, 9.17) is 32.7 Å². The highest BCUT2D eigenvalue weighted by molar-refractivity contribution is 6.40. The summed E-state index contributed by atoms with van der Waals surface area (Å²) in [6.07, 6.45) is 0.297. The highest BCUT2D eigenvalue weighted by Crippen LogP contribution is 2.43. The van der Waals surface area contributed by atoms with Crippen molar-refractivity contribution in [3.63, 3.8) is 0 Å². The predicted octanol–water partition coefficient (Wildman–Crippen LogP) is 7.64. The Morgan fingerprint density at radius 2 is 1.47 bits per heavy atom. The maximum atomic E-state index is 13.0. The van der Waals surface area contributed by atoms with Gasteiger partial charge in [-0.1, -0.05) is 103 Å². The third kappa shape index (κ3) is 6.11. The minimum atomic E-state index is -0.696. The number of benzene rings is 4. The second-order valence-corrected chi connectivity index (χ2v) is 12.6. The highest BCUT2D eigenvalue weighted by atomic mass is 35.5. The molecule has 2 aliphatic rings. The zero-order valence-electron chi connectivity index (χ0n) is 25.4. The van der Waals surface area contributed by atoms with Crippen molar-refractivity contribution < 1.29 is 24.2 Å². The molecule has 7 rings (SSSR count). The molecule has 1 saturated heterocycles. The summed E-state index contributed by atoms with van der Waals surface area (Å²) < 4.78 is 15.0. The van der Waals surface area contributed by atoms with E-state index in [0.717, 1.165) is 33.4 Å². The second kappa shape index (κ2) is 13.1. The van der Waals surface area contributed by atoms with Crippen molar-refractivity contribution in [2.45, 2.75) is 45.1 Å². The number of aliphatic hydroxyl groups excluding tert-OH is 1. The van der Waals surface area contributed by atoms with Crippen LogP contribution in [0.15, 0.2) is 103 Å². The lowest BCUT2D eigenvalue weighted by atomic mass is 9.90. The van der Waals surface area contributed by atoms with Gasteiger partial charge >= 0.3 is 0 Å². The molecule has 238 valence electrons. The third-order valence-corrected chi connectivity index (χ3v) is 9.64. The van der Waals surface area contributed by atoms with Crippen molar-refractivity contribution >= 4 is 35.0 Å². The molecule has 8 nitrogen and oxygen atoms in total. The summed E-state index contributed by atoms with van der Waals surface area (Å²) >= 11 is 12.6. The molecule has 10 heteroatoms. The van der Waals surface area contributed by atoms with Gasteiger partial charge in [-0.05, 0) is 52.1 Å². The number of fused-ring (bicyclic) bond motifs is 1. The van der Waals surface area contributed by atoms with E-state index in [1.165, 1.54) is 4.90 Å². The van der Waals surface area contributed by atoms with Crippen molar-refractivity contribution in [1.29, 1.82) is 0 Å². The standard InChI is InChI=1S/C37H31Cl2N3O5/c1-22-31(19-41-21-40-33(38)34(41)39)46-37(47-32(22)25-14-12-23(20-43)13-15-25)28-9-5-8-27(17-28)26-7-4-6-24(16-26)18-42-35(44)29-10-2-3-11-30(29)36(42)45/h2-17,21-22,31-32,37,43H,18-20H2,1H3. The van der Waals surface area contributed by atoms with Gasteiger partial charge in [0.25, 0.3) is 11.8 Å². The average molecular weight is 669 g/mol. The van der Waals surface area contributed by atoms with E-state index in [1.807, 2.05) is 72.8 Å². The number of hydrogen-bond donors (Lipinski definition) is 1. The Balaban J connectivity index is 1.16. The van der Waals surface area contributed by atoms with Gasteiger partial charge in [-0.3, -0.25) is 14.5 Å². The topological polar surface area (TPSA) is 93.9 Å². The van der Waals surface area contributed by atoms with Gasteiger partial charge in [-0.25, -0.2) is 4.98 Å². The summed E-state index contributed by atoms with van der Waals surface area (Å²) in [6.45, 7) is 2.63. The molecule has 0 saturated carbocycles. The Morgan fingerprint density at radius 3 is 2.13 bits per heavy atom. The van der Waals surface area contributed by atoms with Crippen LogP contribution in [0.5, 0.6) is 0 Å². The number of imidazole rings is 1. The van der Waals surface area contributed by atoms with Crippen LogP contribution in [-0.4, -0.2) is 37.5 Å². The lowest BCUT2D eigenvalue weighted by Crippen LogP contribution is -2.39. The van der Waals surface area contributed by atoms with Crippen molar-refractivity contribution in [2.75, 3.05) is 0 Å². The molecule has 5 aromatic rings. The first-order valence-corrected chi connectivity index (χ1v) is 16.1. The number of amides is 2. The SMILES string of the molecule is CC1C(Cn2cnc(Cl)c2Cl)OC(c2cccc(-c3cccc(CN4C(=O)c5ccccc5C4=O)c3)c2)OC1c1ccc(CO)cc1. The fraction of sp³-hybridized carbons (Fsp3) is 0.216. The molecule has 0 spiro atoms. The van der Waals surface area contributed by atoms with Gasteiger partial charge in [0.2, 0.25) is 0 Å². The lowest BCUT2D eigenvalue weighted by molar-refractivity contribution is -0.276. The van der Waals surface area contributed by atoms with Crippen LogP contribution in [0.4, 0.5) is 0 Å². The van der Waals surface area contributed by atoms with E-state index >= 15 is 0 Å². The Bertz CT molecular complexity index is 1920. The zero-order chi connectivity index (χ0) is 32.7. The summed E-state index contributed by atoms with van der Waals surface area (Å²) in [5.74, 6) is -0.633. The molecule has 0 aliphatic carbocycles. The predicted molar refractivity (Wildman–Crippen MR) is 178 cm³/mol. The molecule has 1 aromatic heterocycles. The molecule has 0 bridgehead atoms. The van der Waals surface area contributed by atoms with Gasteiger partial charge in [0.05, 0.1) is 49.4 Å². The van der Waals surface area contributed by atoms with Gasteiger partial charge in [-0.2, -0.15) is 0 Å². The number of hydrogen-bond acceptors (Lipinski definition) is 6. The van der Waals surface area contributed by atoms with E-state index in [0.29, 0.717) is 22.8 Å². The Hall–Kier alpha value is -4.31. The van der Waals surface area contributed by atoms with Gasteiger partial charge < -0.3 is 19.1 Å². The number of aromatic nitrogens is 2. The van der Waals surface area contributed by atoms with Crippen LogP contribution in [0.3, 0.4) is 0 Å². The number of rotatable bonds is 8. The summed E-state index contributed by atoms with van der Waals surface area (Å²) in [4.78, 5) is 31.4. The van der Waals surface area contributed by atoms with E-state index < -0.39 is 6.29 Å². The smallest absolute Gasteiger partial charge is 0.261 e. The zero-order valence-corrected chi connectivity index (χ0v) is 26.9. The number of carbonyl (C=O) groups excluding carboxylic acids is 2.